The molecule has 3 aromatic rings. The minimum absolute atomic E-state index is 0.0457. The van der Waals surface area contributed by atoms with Crippen LogP contribution in [0.4, 0.5) is 13.2 Å². The summed E-state index contributed by atoms with van der Waals surface area (Å²) in [6.07, 6.45) is -0.232. The quantitative estimate of drug-likeness (QED) is 0.687. The van der Waals surface area contributed by atoms with E-state index in [0.717, 1.165) is 12.1 Å². The monoisotopic (exact) mass is 334 g/mol. The van der Waals surface area contributed by atoms with Crippen LogP contribution < -0.4 is 5.32 Å². The van der Waals surface area contributed by atoms with Gasteiger partial charge in [-0.2, -0.15) is 0 Å². The Hall–Kier alpha value is -2.80. The predicted molar refractivity (Wildman–Crippen MR) is 81.9 cm³/mol. The molecule has 24 heavy (non-hydrogen) atoms. The van der Waals surface area contributed by atoms with Crippen molar-refractivity contribution in [3.63, 3.8) is 0 Å². The van der Waals surface area contributed by atoms with Crippen molar-refractivity contribution in [3.8, 4) is 0 Å². The number of hydrogen-bond donors (Lipinski definition) is 3. The number of aromatic amines is 1. The van der Waals surface area contributed by atoms with E-state index in [4.69, 9.17) is 0 Å². The van der Waals surface area contributed by atoms with Crippen LogP contribution in [0, 0.1) is 17.5 Å². The van der Waals surface area contributed by atoms with Gasteiger partial charge < -0.3 is 15.4 Å². The number of carbonyl (C=O) groups is 1. The second-order valence-electron chi connectivity index (χ2n) is 5.23. The van der Waals surface area contributed by atoms with E-state index in [-0.39, 0.29) is 10.9 Å². The number of benzene rings is 2. The number of rotatable bonds is 4. The third kappa shape index (κ3) is 2.85. The molecule has 0 radical (unpaired) electrons. The summed E-state index contributed by atoms with van der Waals surface area (Å²) in [7, 11) is 0. The lowest BCUT2D eigenvalue weighted by atomic mass is 10.1. The van der Waals surface area contributed by atoms with Gasteiger partial charge in [-0.1, -0.05) is 12.1 Å². The number of hydrogen-bond acceptors (Lipinski definition) is 2. The fraction of sp³-hybridized carbons (Fsp3) is 0.118. The maximum absolute atomic E-state index is 13.9. The lowest BCUT2D eigenvalue weighted by molar-refractivity contribution is 0.0913. The summed E-state index contributed by atoms with van der Waals surface area (Å²) in [6, 6.07) is 7.53. The molecule has 0 aliphatic rings. The Kier molecular flexibility index (Phi) is 4.26. The minimum atomic E-state index is -1.56. The molecule has 3 N–H and O–H groups in total. The molecule has 7 heteroatoms. The first-order valence-corrected chi connectivity index (χ1v) is 7.15. The van der Waals surface area contributed by atoms with Gasteiger partial charge in [0.25, 0.3) is 5.91 Å². The highest BCUT2D eigenvalue weighted by atomic mass is 19.1. The highest BCUT2D eigenvalue weighted by Crippen LogP contribution is 2.22. The number of amides is 1. The van der Waals surface area contributed by atoms with E-state index in [0.29, 0.717) is 5.52 Å². The summed E-state index contributed by atoms with van der Waals surface area (Å²) >= 11 is 0. The molecule has 2 aromatic carbocycles. The number of aliphatic hydroxyl groups excluding tert-OH is 1. The second-order valence-corrected chi connectivity index (χ2v) is 5.23. The molecular weight excluding hydrogens is 321 g/mol. The van der Waals surface area contributed by atoms with Crippen LogP contribution in [0.25, 0.3) is 10.9 Å². The van der Waals surface area contributed by atoms with E-state index < -0.39 is 41.6 Å². The number of halogens is 3. The smallest absolute Gasteiger partial charge is 0.253 e. The number of carbonyl (C=O) groups excluding carboxylic acids is 1. The molecule has 1 aromatic heterocycles. The molecule has 0 saturated heterocycles. The van der Waals surface area contributed by atoms with Crippen LogP contribution in [-0.2, 0) is 0 Å². The fourth-order valence-electron chi connectivity index (χ4n) is 2.54. The van der Waals surface area contributed by atoms with Gasteiger partial charge >= 0.3 is 0 Å². The van der Waals surface area contributed by atoms with Gasteiger partial charge in [0.15, 0.2) is 0 Å². The van der Waals surface area contributed by atoms with Gasteiger partial charge in [-0.05, 0) is 24.3 Å². The topological polar surface area (TPSA) is 65.1 Å². The molecular formula is C17H13F3N2O2. The number of nitrogens with one attached hydrogen (secondary N) is 2. The zero-order valence-electron chi connectivity index (χ0n) is 12.3. The average molecular weight is 334 g/mol. The highest BCUT2D eigenvalue weighted by molar-refractivity contribution is 6.06. The molecule has 0 saturated carbocycles. The Morgan fingerprint density at radius 1 is 1.08 bits per heavy atom. The van der Waals surface area contributed by atoms with Crippen molar-refractivity contribution in [1.82, 2.24) is 10.3 Å². The Morgan fingerprint density at radius 3 is 2.42 bits per heavy atom. The molecule has 0 aliphatic carbocycles. The van der Waals surface area contributed by atoms with Crippen LogP contribution >= 0.6 is 0 Å². The van der Waals surface area contributed by atoms with Crippen LogP contribution in [-0.4, -0.2) is 22.5 Å². The van der Waals surface area contributed by atoms with Gasteiger partial charge in [-0.15, -0.1) is 0 Å². The lowest BCUT2D eigenvalue weighted by Crippen LogP contribution is -2.29. The van der Waals surface area contributed by atoms with Gasteiger partial charge in [-0.3, -0.25) is 4.79 Å². The van der Waals surface area contributed by atoms with Crippen molar-refractivity contribution in [1.29, 1.82) is 0 Å². The second kappa shape index (κ2) is 6.37. The van der Waals surface area contributed by atoms with Crippen LogP contribution in [0.2, 0.25) is 0 Å². The average Bonchev–Trinajstić information content (AvgIpc) is 2.98. The summed E-state index contributed by atoms with van der Waals surface area (Å²) < 4.78 is 41.0. The first-order chi connectivity index (χ1) is 11.5. The van der Waals surface area contributed by atoms with E-state index >= 15 is 0 Å². The summed E-state index contributed by atoms with van der Waals surface area (Å²) in [4.78, 5) is 14.9. The molecule has 1 unspecified atom stereocenters. The number of aliphatic hydroxyl groups is 1. The van der Waals surface area contributed by atoms with Gasteiger partial charge in [0, 0.05) is 23.6 Å². The highest BCUT2D eigenvalue weighted by Gasteiger charge is 2.20. The molecule has 0 fully saturated rings. The minimum Gasteiger partial charge on any atom is -0.386 e. The third-order valence-corrected chi connectivity index (χ3v) is 3.69. The zero-order valence-corrected chi connectivity index (χ0v) is 12.3. The molecule has 124 valence electrons. The third-order valence-electron chi connectivity index (χ3n) is 3.69. The van der Waals surface area contributed by atoms with E-state index in [1.54, 1.807) is 6.07 Å². The summed E-state index contributed by atoms with van der Waals surface area (Å²) in [5.41, 5.74) is -0.0342. The molecule has 1 amide bonds. The van der Waals surface area contributed by atoms with Crippen molar-refractivity contribution in [2.45, 2.75) is 6.10 Å². The van der Waals surface area contributed by atoms with E-state index in [9.17, 15) is 23.1 Å². The first-order valence-electron chi connectivity index (χ1n) is 7.15. The van der Waals surface area contributed by atoms with Crippen molar-refractivity contribution in [2.24, 2.45) is 0 Å². The molecule has 1 atom stereocenters. The van der Waals surface area contributed by atoms with Crippen molar-refractivity contribution >= 4 is 16.8 Å². The lowest BCUT2D eigenvalue weighted by Gasteiger charge is -2.13. The Morgan fingerprint density at radius 2 is 1.71 bits per heavy atom. The van der Waals surface area contributed by atoms with E-state index in [1.807, 2.05) is 0 Å². The molecule has 1 heterocycles. The maximum Gasteiger partial charge on any atom is 0.253 e. The van der Waals surface area contributed by atoms with Crippen LogP contribution in [0.5, 0.6) is 0 Å². The number of fused-ring (bicyclic) bond motifs is 1. The molecule has 3 rings (SSSR count). The maximum atomic E-state index is 13.9. The summed E-state index contributed by atoms with van der Waals surface area (Å²) in [6.45, 7) is -0.419. The zero-order chi connectivity index (χ0) is 17.3. The largest absolute Gasteiger partial charge is 0.386 e. The fourth-order valence-corrected chi connectivity index (χ4v) is 2.54. The first kappa shape index (κ1) is 16.1. The Bertz CT molecular complexity index is 888. The Balaban J connectivity index is 1.78. The standard InChI is InChI=1S/C17H13F3N2O2/c18-10-5-2-6-13-15(10)9(7-21-13)17(24)22-8-14(23)16-11(19)3-1-4-12(16)20/h1-7,14,21,23H,8H2,(H,22,24). The van der Waals surface area contributed by atoms with Gasteiger partial charge in [0.05, 0.1) is 11.1 Å². The van der Waals surface area contributed by atoms with Gasteiger partial charge in [0.1, 0.15) is 23.6 Å². The normalized spacial score (nSPS) is 12.3. The molecule has 4 nitrogen and oxygen atoms in total. The van der Waals surface area contributed by atoms with Crippen LogP contribution in [0.1, 0.15) is 22.0 Å². The predicted octanol–water partition coefficient (Wildman–Crippen LogP) is 3.05. The van der Waals surface area contributed by atoms with Crippen molar-refractivity contribution in [3.05, 3.63) is 71.2 Å². The van der Waals surface area contributed by atoms with Crippen molar-refractivity contribution in [2.75, 3.05) is 6.54 Å². The molecule has 0 aliphatic heterocycles. The summed E-state index contributed by atoms with van der Waals surface area (Å²) in [5.74, 6) is -3.05. The summed E-state index contributed by atoms with van der Waals surface area (Å²) in [5, 5.41) is 12.4. The molecule has 0 spiro atoms. The van der Waals surface area contributed by atoms with E-state index in [2.05, 4.69) is 10.3 Å². The molecule has 0 bridgehead atoms. The van der Waals surface area contributed by atoms with Gasteiger partial charge in [-0.25, -0.2) is 13.2 Å². The Labute approximate surface area is 134 Å². The van der Waals surface area contributed by atoms with Crippen LogP contribution in [0.3, 0.4) is 0 Å². The number of aromatic nitrogens is 1. The van der Waals surface area contributed by atoms with Crippen molar-refractivity contribution < 1.29 is 23.1 Å². The van der Waals surface area contributed by atoms with Gasteiger partial charge in [0.2, 0.25) is 0 Å². The SMILES string of the molecule is O=C(NCC(O)c1c(F)cccc1F)c1c[nH]c2cccc(F)c12. The number of H-pyrrole nitrogens is 1. The van der Waals surface area contributed by atoms with Crippen LogP contribution in [0.15, 0.2) is 42.6 Å². The van der Waals surface area contributed by atoms with E-state index in [1.165, 1.54) is 24.4 Å².